The van der Waals surface area contributed by atoms with Gasteiger partial charge in [0.2, 0.25) is 10.0 Å². The minimum Gasteiger partial charge on any atom is -0.345 e. The fraction of sp³-hybridized carbons (Fsp3) is 0.357. The highest BCUT2D eigenvalue weighted by Crippen LogP contribution is 2.22. The number of nitrogens with zero attached hydrogens (tertiary/aromatic N) is 3. The second kappa shape index (κ2) is 7.65. The van der Waals surface area contributed by atoms with Gasteiger partial charge in [0.15, 0.2) is 10.6 Å². The van der Waals surface area contributed by atoms with Crippen LogP contribution in [0.3, 0.4) is 0 Å². The van der Waals surface area contributed by atoms with Crippen LogP contribution in [-0.4, -0.2) is 47.5 Å². The van der Waals surface area contributed by atoms with Crippen LogP contribution in [0.5, 0.6) is 0 Å². The molecule has 0 radical (unpaired) electrons. The van der Waals surface area contributed by atoms with E-state index in [1.807, 2.05) is 6.92 Å². The molecule has 0 aliphatic rings. The lowest BCUT2D eigenvalue weighted by Crippen LogP contribution is -2.26. The molecular formula is C14H18ClN5O3S2. The predicted molar refractivity (Wildman–Crippen MR) is 96.6 cm³/mol. The molecule has 2 rings (SSSR count). The number of rotatable bonds is 6. The van der Waals surface area contributed by atoms with Gasteiger partial charge in [-0.25, -0.2) is 12.7 Å². The zero-order valence-corrected chi connectivity index (χ0v) is 16.3. The number of sulfonamides is 1. The van der Waals surface area contributed by atoms with E-state index in [-0.39, 0.29) is 22.0 Å². The molecule has 1 heterocycles. The molecule has 2 aromatic rings. The van der Waals surface area contributed by atoms with Crippen molar-refractivity contribution >= 4 is 39.7 Å². The van der Waals surface area contributed by atoms with Crippen molar-refractivity contribution in [2.75, 3.05) is 14.1 Å². The van der Waals surface area contributed by atoms with Gasteiger partial charge >= 0.3 is 0 Å². The van der Waals surface area contributed by atoms with Crippen molar-refractivity contribution in [3.05, 3.63) is 39.4 Å². The quantitative estimate of drug-likeness (QED) is 0.716. The Morgan fingerprint density at radius 2 is 2.12 bits per heavy atom. The van der Waals surface area contributed by atoms with E-state index < -0.39 is 15.9 Å². The molecule has 11 heteroatoms. The molecule has 0 bridgehead atoms. The number of H-pyrrole nitrogens is 1. The third-order valence-electron chi connectivity index (χ3n) is 3.52. The Balaban J connectivity index is 2.26. The molecule has 0 saturated carbocycles. The molecule has 1 aromatic carbocycles. The van der Waals surface area contributed by atoms with Crippen LogP contribution in [0.2, 0.25) is 5.02 Å². The summed E-state index contributed by atoms with van der Waals surface area (Å²) < 4.78 is 27.7. The molecule has 136 valence electrons. The summed E-state index contributed by atoms with van der Waals surface area (Å²) in [5.41, 5.74) is 0.0711. The maximum atomic E-state index is 12.4. The first-order chi connectivity index (χ1) is 11.7. The third-order valence-corrected chi connectivity index (χ3v) is 5.97. The van der Waals surface area contributed by atoms with E-state index in [1.54, 1.807) is 4.57 Å². The minimum atomic E-state index is -3.66. The molecule has 0 atom stereocenters. The van der Waals surface area contributed by atoms with E-state index in [9.17, 15) is 13.2 Å². The SMILES string of the molecule is CCn1c(CNC(=O)c2cc(S(=O)(=O)N(C)C)ccc2Cl)n[nH]c1=S. The summed E-state index contributed by atoms with van der Waals surface area (Å²) in [4.78, 5) is 12.4. The van der Waals surface area contributed by atoms with Gasteiger partial charge in [-0.3, -0.25) is 9.89 Å². The van der Waals surface area contributed by atoms with E-state index in [2.05, 4.69) is 15.5 Å². The number of benzene rings is 1. The van der Waals surface area contributed by atoms with E-state index in [0.29, 0.717) is 17.1 Å². The first-order valence-corrected chi connectivity index (χ1v) is 9.55. The lowest BCUT2D eigenvalue weighted by atomic mass is 10.2. The molecule has 8 nitrogen and oxygen atoms in total. The van der Waals surface area contributed by atoms with Crippen molar-refractivity contribution in [2.45, 2.75) is 24.9 Å². The Labute approximate surface area is 155 Å². The highest BCUT2D eigenvalue weighted by Gasteiger charge is 2.21. The molecule has 1 aromatic heterocycles. The summed E-state index contributed by atoms with van der Waals surface area (Å²) in [5.74, 6) is 0.0615. The maximum Gasteiger partial charge on any atom is 0.253 e. The van der Waals surface area contributed by atoms with E-state index in [1.165, 1.54) is 32.3 Å². The van der Waals surface area contributed by atoms with E-state index in [0.717, 1.165) is 4.31 Å². The van der Waals surface area contributed by atoms with Gasteiger partial charge in [0, 0.05) is 20.6 Å². The summed E-state index contributed by atoms with van der Waals surface area (Å²) in [6.07, 6.45) is 0. The number of aromatic nitrogens is 3. The van der Waals surface area contributed by atoms with E-state index in [4.69, 9.17) is 23.8 Å². The van der Waals surface area contributed by atoms with Gasteiger partial charge in [0.05, 0.1) is 22.0 Å². The first-order valence-electron chi connectivity index (χ1n) is 7.32. The number of aromatic amines is 1. The molecule has 1 amide bonds. The van der Waals surface area contributed by atoms with Crippen LogP contribution >= 0.6 is 23.8 Å². The lowest BCUT2D eigenvalue weighted by Gasteiger charge is -2.13. The zero-order chi connectivity index (χ0) is 18.8. The predicted octanol–water partition coefficient (Wildman–Crippen LogP) is 1.79. The van der Waals surface area contributed by atoms with Gasteiger partial charge < -0.3 is 9.88 Å². The fourth-order valence-corrected chi connectivity index (χ4v) is 3.53. The lowest BCUT2D eigenvalue weighted by molar-refractivity contribution is 0.0949. The average Bonchev–Trinajstić information content (AvgIpc) is 2.92. The smallest absolute Gasteiger partial charge is 0.253 e. The van der Waals surface area contributed by atoms with Crippen LogP contribution in [0, 0.1) is 4.77 Å². The average molecular weight is 404 g/mol. The maximum absolute atomic E-state index is 12.4. The van der Waals surface area contributed by atoms with Gasteiger partial charge in [-0.1, -0.05) is 11.6 Å². The van der Waals surface area contributed by atoms with Gasteiger partial charge in [-0.15, -0.1) is 0 Å². The molecule has 0 unspecified atom stereocenters. The number of carbonyl (C=O) groups excluding carboxylic acids is 1. The summed E-state index contributed by atoms with van der Waals surface area (Å²) in [7, 11) is -0.837. The molecule has 0 aliphatic heterocycles. The Bertz CT molecular complexity index is 950. The first kappa shape index (κ1) is 19.6. The summed E-state index contributed by atoms with van der Waals surface area (Å²) in [6.45, 7) is 2.64. The monoisotopic (exact) mass is 403 g/mol. The fourth-order valence-electron chi connectivity index (χ4n) is 2.12. The standard InChI is InChI=1S/C14H18ClN5O3S2/c1-4-20-12(17-18-14(20)24)8-16-13(21)10-7-9(5-6-11(10)15)25(22,23)19(2)3/h5-7H,4,8H2,1-3H3,(H,16,21)(H,18,24). The Kier molecular flexibility index (Phi) is 5.99. The van der Waals surface area contributed by atoms with Crippen molar-refractivity contribution < 1.29 is 13.2 Å². The van der Waals surface area contributed by atoms with Gasteiger partial charge in [-0.05, 0) is 37.3 Å². The molecule has 0 aliphatic carbocycles. The number of nitrogens with one attached hydrogen (secondary N) is 2. The topological polar surface area (TPSA) is 100 Å². The largest absolute Gasteiger partial charge is 0.345 e. The Morgan fingerprint density at radius 1 is 1.44 bits per heavy atom. The van der Waals surface area contributed by atoms with Crippen molar-refractivity contribution in [3.8, 4) is 0 Å². The highest BCUT2D eigenvalue weighted by atomic mass is 35.5. The van der Waals surface area contributed by atoms with Crippen molar-refractivity contribution in [3.63, 3.8) is 0 Å². The second-order valence-electron chi connectivity index (χ2n) is 5.30. The normalized spacial score (nSPS) is 11.7. The molecule has 0 saturated heterocycles. The molecule has 0 fully saturated rings. The van der Waals surface area contributed by atoms with Crippen molar-refractivity contribution in [1.82, 2.24) is 24.4 Å². The highest BCUT2D eigenvalue weighted by molar-refractivity contribution is 7.89. The van der Waals surface area contributed by atoms with Crippen LogP contribution in [0.4, 0.5) is 0 Å². The number of amides is 1. The summed E-state index contributed by atoms with van der Waals surface area (Å²) in [5, 5.41) is 9.54. The number of hydrogen-bond donors (Lipinski definition) is 2. The molecular weight excluding hydrogens is 386 g/mol. The number of hydrogen-bond acceptors (Lipinski definition) is 5. The Hall–Kier alpha value is -1.75. The molecule has 25 heavy (non-hydrogen) atoms. The van der Waals surface area contributed by atoms with Gasteiger partial charge in [-0.2, -0.15) is 5.10 Å². The third kappa shape index (κ3) is 4.09. The van der Waals surface area contributed by atoms with Crippen LogP contribution in [0.1, 0.15) is 23.1 Å². The van der Waals surface area contributed by atoms with Crippen LogP contribution in [-0.2, 0) is 23.1 Å². The molecule has 0 spiro atoms. The summed E-state index contributed by atoms with van der Waals surface area (Å²) in [6, 6.07) is 4.00. The second-order valence-corrected chi connectivity index (χ2v) is 8.25. The van der Waals surface area contributed by atoms with Crippen molar-refractivity contribution in [1.29, 1.82) is 0 Å². The summed E-state index contributed by atoms with van der Waals surface area (Å²) >= 11 is 11.1. The number of halogens is 1. The number of carbonyl (C=O) groups is 1. The minimum absolute atomic E-state index is 0.0108. The van der Waals surface area contributed by atoms with Crippen LogP contribution < -0.4 is 5.32 Å². The van der Waals surface area contributed by atoms with Gasteiger partial charge in [0.25, 0.3) is 5.91 Å². The molecule has 2 N–H and O–H groups in total. The van der Waals surface area contributed by atoms with Crippen LogP contribution in [0.15, 0.2) is 23.1 Å². The Morgan fingerprint density at radius 3 is 2.72 bits per heavy atom. The van der Waals surface area contributed by atoms with Crippen molar-refractivity contribution in [2.24, 2.45) is 0 Å². The van der Waals surface area contributed by atoms with E-state index >= 15 is 0 Å². The zero-order valence-electron chi connectivity index (χ0n) is 13.9. The van der Waals surface area contributed by atoms with Crippen LogP contribution in [0.25, 0.3) is 0 Å². The van der Waals surface area contributed by atoms with Gasteiger partial charge in [0.1, 0.15) is 0 Å².